The molecule has 1 heterocycles. The number of carbonyl (C=O) groups excluding carboxylic acids is 1. The number of ether oxygens (including phenoxy) is 4. The Kier molecular flexibility index (Phi) is 11.4. The Morgan fingerprint density at radius 3 is 2.46 bits per heavy atom. The topological polar surface area (TPSA) is 110 Å². The molecule has 0 amide bonds. The molecular formula is C18H24NNaO7S. The fraction of sp³-hybridized carbons (Fsp3) is 0.556. The predicted octanol–water partition coefficient (Wildman–Crippen LogP) is -2.54. The number of benzene rings is 1. The number of rotatable bonds is 12. The van der Waals surface area contributed by atoms with E-state index in [1.54, 1.807) is 19.2 Å². The first-order valence-corrected chi connectivity index (χ1v) is 9.49. The van der Waals surface area contributed by atoms with Crippen LogP contribution >= 0.6 is 11.8 Å². The van der Waals surface area contributed by atoms with Gasteiger partial charge in [0.2, 0.25) is 0 Å². The van der Waals surface area contributed by atoms with Crippen molar-refractivity contribution in [2.75, 3.05) is 52.5 Å². The van der Waals surface area contributed by atoms with E-state index in [0.717, 1.165) is 0 Å². The molecule has 0 spiro atoms. The van der Waals surface area contributed by atoms with Crippen LogP contribution in [0.5, 0.6) is 11.5 Å². The van der Waals surface area contributed by atoms with Crippen LogP contribution in [-0.4, -0.2) is 74.2 Å². The standard InChI is InChI=1S/C18H25NO7S.Na/c1-18(17(21)22)12-27-16(19-18)14-11-13(3-4-15(14)20)26-10-9-25-8-7-24-6-5-23-2;/h3-4,11,20H,5-10,12H2,1-2H3,(H,21,22);/q;+1/p-1/t18-;/m1./s1. The minimum absolute atomic E-state index is 0. The van der Waals surface area contributed by atoms with Crippen LogP contribution in [0, 0.1) is 0 Å². The Hall–Kier alpha value is -0.810. The summed E-state index contributed by atoms with van der Waals surface area (Å²) in [4.78, 5) is 15.4. The number of carboxylic acid groups (broad SMARTS) is 1. The molecule has 0 fully saturated rings. The van der Waals surface area contributed by atoms with Crippen LogP contribution in [0.25, 0.3) is 0 Å². The first-order valence-electron chi connectivity index (χ1n) is 8.51. The van der Waals surface area contributed by atoms with E-state index in [9.17, 15) is 15.0 Å². The maximum absolute atomic E-state index is 11.2. The van der Waals surface area contributed by atoms with Gasteiger partial charge in [-0.3, -0.25) is 4.99 Å². The van der Waals surface area contributed by atoms with Crippen molar-refractivity contribution in [1.82, 2.24) is 0 Å². The summed E-state index contributed by atoms with van der Waals surface area (Å²) in [6.45, 7) is 4.25. The summed E-state index contributed by atoms with van der Waals surface area (Å²) in [5, 5.41) is 21.7. The van der Waals surface area contributed by atoms with Gasteiger partial charge in [-0.25, -0.2) is 0 Å². The zero-order valence-corrected chi connectivity index (χ0v) is 19.3. The van der Waals surface area contributed by atoms with Gasteiger partial charge in [-0.05, 0) is 25.1 Å². The van der Waals surface area contributed by atoms with Crippen molar-refractivity contribution in [3.05, 3.63) is 23.8 Å². The summed E-state index contributed by atoms with van der Waals surface area (Å²) < 4.78 is 21.2. The first-order chi connectivity index (χ1) is 13.0. The van der Waals surface area contributed by atoms with Crippen LogP contribution < -0.4 is 39.4 Å². The van der Waals surface area contributed by atoms with Gasteiger partial charge < -0.3 is 34.0 Å². The van der Waals surface area contributed by atoms with Crippen molar-refractivity contribution < 1.29 is 63.5 Å². The van der Waals surface area contributed by atoms with Crippen LogP contribution in [-0.2, 0) is 19.0 Å². The molecule has 2 rings (SSSR count). The zero-order chi connectivity index (χ0) is 19.7. The molecule has 8 nitrogen and oxygen atoms in total. The molecule has 1 aromatic carbocycles. The van der Waals surface area contributed by atoms with Crippen molar-refractivity contribution in [2.45, 2.75) is 12.5 Å². The predicted molar refractivity (Wildman–Crippen MR) is 99.5 cm³/mol. The number of hydrogen-bond donors (Lipinski definition) is 1. The zero-order valence-electron chi connectivity index (χ0n) is 16.4. The molecule has 1 aliphatic heterocycles. The third-order valence-electron chi connectivity index (χ3n) is 3.78. The van der Waals surface area contributed by atoms with Gasteiger partial charge in [0.05, 0.1) is 44.6 Å². The Balaban J connectivity index is 0.00000392. The molecule has 150 valence electrons. The van der Waals surface area contributed by atoms with Gasteiger partial charge in [-0.1, -0.05) is 0 Å². The SMILES string of the molecule is COCCOCCOCCOc1ccc(O)c(C2=N[C@@](C)(C(=O)[O-])CS2)c1.[Na+]. The van der Waals surface area contributed by atoms with Gasteiger partial charge in [0.1, 0.15) is 28.7 Å². The fourth-order valence-electron chi connectivity index (χ4n) is 2.20. The van der Waals surface area contributed by atoms with Gasteiger partial charge >= 0.3 is 29.6 Å². The molecule has 1 atom stereocenters. The maximum Gasteiger partial charge on any atom is 1.00 e. The van der Waals surface area contributed by atoms with E-state index in [-0.39, 0.29) is 41.1 Å². The average Bonchev–Trinajstić information content (AvgIpc) is 3.05. The molecule has 0 saturated heterocycles. The molecule has 0 aromatic heterocycles. The number of nitrogens with zero attached hydrogens (tertiary/aromatic N) is 1. The number of carboxylic acids is 1. The molecule has 0 unspecified atom stereocenters. The van der Waals surface area contributed by atoms with Crippen molar-refractivity contribution >= 4 is 22.8 Å². The number of thioether (sulfide) groups is 1. The fourth-order valence-corrected chi connectivity index (χ4v) is 3.38. The molecule has 1 aromatic rings. The number of aliphatic carboxylic acids is 1. The largest absolute Gasteiger partial charge is 1.00 e. The van der Waals surface area contributed by atoms with E-state index in [1.165, 1.54) is 24.8 Å². The second-order valence-corrected chi connectivity index (χ2v) is 6.98. The molecule has 0 aliphatic carbocycles. The second-order valence-electron chi connectivity index (χ2n) is 6.01. The summed E-state index contributed by atoms with van der Waals surface area (Å²) in [5.41, 5.74) is -0.849. The summed E-state index contributed by atoms with van der Waals surface area (Å²) in [6.07, 6.45) is 0. The minimum Gasteiger partial charge on any atom is -0.547 e. The summed E-state index contributed by atoms with van der Waals surface area (Å²) in [7, 11) is 1.62. The Bertz CT molecular complexity index is 673. The van der Waals surface area contributed by atoms with Crippen molar-refractivity contribution in [2.24, 2.45) is 4.99 Å². The average molecular weight is 421 g/mol. The summed E-state index contributed by atoms with van der Waals surface area (Å²) >= 11 is 1.26. The molecule has 0 saturated carbocycles. The Morgan fingerprint density at radius 2 is 1.86 bits per heavy atom. The maximum atomic E-state index is 11.2. The van der Waals surface area contributed by atoms with Gasteiger partial charge in [0.25, 0.3) is 0 Å². The van der Waals surface area contributed by atoms with Crippen molar-refractivity contribution in [3.8, 4) is 11.5 Å². The van der Waals surface area contributed by atoms with E-state index in [0.29, 0.717) is 56.0 Å². The quantitative estimate of drug-likeness (QED) is 0.290. The number of hydrogen-bond acceptors (Lipinski definition) is 9. The van der Waals surface area contributed by atoms with Gasteiger partial charge in [-0.15, -0.1) is 11.8 Å². The second kappa shape index (κ2) is 12.7. The number of phenols is 1. The van der Waals surface area contributed by atoms with Crippen LogP contribution in [0.1, 0.15) is 12.5 Å². The summed E-state index contributed by atoms with van der Waals surface area (Å²) in [5.74, 6) is -0.427. The monoisotopic (exact) mass is 421 g/mol. The molecule has 0 bridgehead atoms. The van der Waals surface area contributed by atoms with Gasteiger partial charge in [0.15, 0.2) is 0 Å². The van der Waals surface area contributed by atoms with E-state index in [2.05, 4.69) is 4.99 Å². The molecule has 28 heavy (non-hydrogen) atoms. The number of aliphatic imine (C=N–C) groups is 1. The Morgan fingerprint density at radius 1 is 1.21 bits per heavy atom. The van der Waals surface area contributed by atoms with Crippen LogP contribution in [0.2, 0.25) is 0 Å². The third-order valence-corrected chi connectivity index (χ3v) is 5.07. The first kappa shape index (κ1) is 25.2. The Labute approximate surface area is 190 Å². The number of methoxy groups -OCH3 is 1. The van der Waals surface area contributed by atoms with E-state index in [1.807, 2.05) is 0 Å². The number of aromatic hydroxyl groups is 1. The van der Waals surface area contributed by atoms with Gasteiger partial charge in [-0.2, -0.15) is 0 Å². The van der Waals surface area contributed by atoms with Crippen molar-refractivity contribution in [3.63, 3.8) is 0 Å². The number of phenolic OH excluding ortho intramolecular Hbond substituents is 1. The van der Waals surface area contributed by atoms with Crippen LogP contribution in [0.4, 0.5) is 0 Å². The molecule has 0 radical (unpaired) electrons. The normalized spacial score (nSPS) is 18.4. The molecule has 1 aliphatic rings. The van der Waals surface area contributed by atoms with E-state index in [4.69, 9.17) is 18.9 Å². The summed E-state index contributed by atoms with van der Waals surface area (Å²) in [6, 6.07) is 4.76. The minimum atomic E-state index is -1.29. The smallest absolute Gasteiger partial charge is 0.547 e. The van der Waals surface area contributed by atoms with E-state index >= 15 is 0 Å². The number of carbonyl (C=O) groups is 1. The van der Waals surface area contributed by atoms with Crippen molar-refractivity contribution in [1.29, 1.82) is 0 Å². The molecular weight excluding hydrogens is 397 g/mol. The van der Waals surface area contributed by atoms with Gasteiger partial charge in [0, 0.05) is 12.9 Å². The molecule has 1 N–H and O–H groups in total. The molecule has 10 heteroatoms. The van der Waals surface area contributed by atoms with E-state index < -0.39 is 11.5 Å². The van der Waals surface area contributed by atoms with Crippen LogP contribution in [0.3, 0.4) is 0 Å². The van der Waals surface area contributed by atoms with Crippen LogP contribution in [0.15, 0.2) is 23.2 Å². The third kappa shape index (κ3) is 7.55.